The smallest absolute Gasteiger partial charge is 0.261 e. The standard InChI is InChI=1S/C23H26N4O3S/c28-22(25-14-16-3-8-26-11-7-24-21(26)13-16)20-2-1-19(31-20)17-4-9-27(10-5-17)23(29)18-6-12-30-15-18/h1-3,7-8,11,13,17-18H,4-6,9-10,12,14-15H2,(H,25,28). The highest BCUT2D eigenvalue weighted by Crippen LogP contribution is 2.33. The molecular weight excluding hydrogens is 412 g/mol. The Labute approximate surface area is 185 Å². The van der Waals surface area contributed by atoms with Gasteiger partial charge in [-0.05, 0) is 55.0 Å². The van der Waals surface area contributed by atoms with Crippen molar-refractivity contribution in [1.29, 1.82) is 0 Å². The molecule has 1 N–H and O–H groups in total. The molecule has 0 radical (unpaired) electrons. The molecule has 5 rings (SSSR count). The molecular formula is C23H26N4O3S. The Morgan fingerprint density at radius 3 is 2.84 bits per heavy atom. The van der Waals surface area contributed by atoms with E-state index < -0.39 is 0 Å². The van der Waals surface area contributed by atoms with Gasteiger partial charge in [0.15, 0.2) is 0 Å². The molecule has 3 aromatic heterocycles. The van der Waals surface area contributed by atoms with Crippen LogP contribution in [-0.2, 0) is 16.1 Å². The van der Waals surface area contributed by atoms with Crippen molar-refractivity contribution in [3.05, 3.63) is 58.2 Å². The molecule has 0 aliphatic carbocycles. The van der Waals surface area contributed by atoms with Gasteiger partial charge in [-0.15, -0.1) is 11.3 Å². The normalized spacial score (nSPS) is 19.7. The van der Waals surface area contributed by atoms with Crippen molar-refractivity contribution in [1.82, 2.24) is 19.6 Å². The maximum atomic E-state index is 12.6. The summed E-state index contributed by atoms with van der Waals surface area (Å²) in [5.41, 5.74) is 1.89. The lowest BCUT2D eigenvalue weighted by atomic mass is 9.94. The van der Waals surface area contributed by atoms with Gasteiger partial charge in [0.1, 0.15) is 5.65 Å². The number of thiophene rings is 1. The fraction of sp³-hybridized carbons (Fsp3) is 0.435. The maximum absolute atomic E-state index is 12.6. The van der Waals surface area contributed by atoms with Crippen LogP contribution in [0.1, 0.15) is 45.3 Å². The second kappa shape index (κ2) is 8.80. The first kappa shape index (κ1) is 20.2. The van der Waals surface area contributed by atoms with E-state index in [1.165, 1.54) is 4.88 Å². The fourth-order valence-corrected chi connectivity index (χ4v) is 5.49. The quantitative estimate of drug-likeness (QED) is 0.664. The number of aromatic nitrogens is 2. The van der Waals surface area contributed by atoms with Crippen LogP contribution in [0.15, 0.2) is 42.9 Å². The number of nitrogens with one attached hydrogen (secondary N) is 1. The summed E-state index contributed by atoms with van der Waals surface area (Å²) < 4.78 is 7.30. The van der Waals surface area contributed by atoms with Gasteiger partial charge < -0.3 is 19.4 Å². The Morgan fingerprint density at radius 1 is 1.16 bits per heavy atom. The third kappa shape index (κ3) is 4.36. The number of carbonyl (C=O) groups excluding carboxylic acids is 2. The molecule has 2 fully saturated rings. The van der Waals surface area contributed by atoms with Crippen LogP contribution in [0.25, 0.3) is 5.65 Å². The number of rotatable bonds is 5. The number of pyridine rings is 1. The molecule has 5 heterocycles. The zero-order chi connectivity index (χ0) is 21.2. The van der Waals surface area contributed by atoms with E-state index >= 15 is 0 Å². The molecule has 2 aliphatic rings. The van der Waals surface area contributed by atoms with Crippen LogP contribution in [0.2, 0.25) is 0 Å². The lowest BCUT2D eigenvalue weighted by molar-refractivity contribution is -0.136. The average Bonchev–Trinajstić information content (AvgIpc) is 3.58. The van der Waals surface area contributed by atoms with Crippen molar-refractivity contribution in [2.45, 2.75) is 31.7 Å². The van der Waals surface area contributed by atoms with E-state index in [2.05, 4.69) is 16.4 Å². The summed E-state index contributed by atoms with van der Waals surface area (Å²) in [6, 6.07) is 7.96. The van der Waals surface area contributed by atoms with Gasteiger partial charge in [0, 0.05) is 49.7 Å². The second-order valence-electron chi connectivity index (χ2n) is 8.27. The highest BCUT2D eigenvalue weighted by atomic mass is 32.1. The number of carbonyl (C=O) groups is 2. The van der Waals surface area contributed by atoms with Gasteiger partial charge in [-0.1, -0.05) is 0 Å². The predicted molar refractivity (Wildman–Crippen MR) is 118 cm³/mol. The van der Waals surface area contributed by atoms with Gasteiger partial charge >= 0.3 is 0 Å². The van der Waals surface area contributed by atoms with Gasteiger partial charge in [0.2, 0.25) is 5.91 Å². The average molecular weight is 439 g/mol. The molecule has 2 aliphatic heterocycles. The molecule has 0 aromatic carbocycles. The minimum Gasteiger partial charge on any atom is -0.381 e. The number of imidazole rings is 1. The molecule has 2 amide bonds. The third-order valence-corrected chi connectivity index (χ3v) is 7.50. The molecule has 0 spiro atoms. The first-order chi connectivity index (χ1) is 15.2. The van der Waals surface area contributed by atoms with Crippen molar-refractivity contribution in [3.63, 3.8) is 0 Å². The molecule has 1 atom stereocenters. The lowest BCUT2D eigenvalue weighted by Crippen LogP contribution is -2.41. The number of piperidine rings is 1. The molecule has 31 heavy (non-hydrogen) atoms. The van der Waals surface area contributed by atoms with Crippen LogP contribution in [-0.4, -0.2) is 52.4 Å². The number of nitrogens with zero attached hydrogens (tertiary/aromatic N) is 3. The number of hydrogen-bond acceptors (Lipinski definition) is 5. The number of likely N-dealkylation sites (tertiary alicyclic amines) is 1. The van der Waals surface area contributed by atoms with E-state index in [1.807, 2.05) is 39.9 Å². The minimum absolute atomic E-state index is 0.0442. The van der Waals surface area contributed by atoms with Crippen LogP contribution in [0.5, 0.6) is 0 Å². The van der Waals surface area contributed by atoms with Crippen LogP contribution in [0, 0.1) is 5.92 Å². The number of fused-ring (bicyclic) bond motifs is 1. The Hall–Kier alpha value is -2.71. The summed E-state index contributed by atoms with van der Waals surface area (Å²) in [5, 5.41) is 3.01. The molecule has 162 valence electrons. The molecule has 3 aromatic rings. The summed E-state index contributed by atoms with van der Waals surface area (Å²) in [6.07, 6.45) is 8.35. The highest BCUT2D eigenvalue weighted by molar-refractivity contribution is 7.14. The Balaban J connectivity index is 1.14. The first-order valence-electron chi connectivity index (χ1n) is 10.8. The summed E-state index contributed by atoms with van der Waals surface area (Å²) in [7, 11) is 0. The monoisotopic (exact) mass is 438 g/mol. The van der Waals surface area contributed by atoms with Gasteiger partial charge in [-0.25, -0.2) is 4.98 Å². The van der Waals surface area contributed by atoms with Crippen molar-refractivity contribution in [3.8, 4) is 0 Å². The number of ether oxygens (including phenoxy) is 1. The maximum Gasteiger partial charge on any atom is 0.261 e. The Morgan fingerprint density at radius 2 is 2.03 bits per heavy atom. The number of amides is 2. The van der Waals surface area contributed by atoms with E-state index in [9.17, 15) is 9.59 Å². The van der Waals surface area contributed by atoms with Crippen molar-refractivity contribution >= 4 is 28.8 Å². The predicted octanol–water partition coefficient (Wildman–Crippen LogP) is 3.07. The second-order valence-corrected chi connectivity index (χ2v) is 9.39. The molecule has 2 saturated heterocycles. The van der Waals surface area contributed by atoms with Gasteiger partial charge in [-0.3, -0.25) is 9.59 Å². The van der Waals surface area contributed by atoms with E-state index in [0.717, 1.165) is 48.4 Å². The van der Waals surface area contributed by atoms with Gasteiger partial charge in [0.25, 0.3) is 5.91 Å². The number of hydrogen-bond donors (Lipinski definition) is 1. The van der Waals surface area contributed by atoms with E-state index in [4.69, 9.17) is 4.74 Å². The largest absolute Gasteiger partial charge is 0.381 e. The summed E-state index contributed by atoms with van der Waals surface area (Å²) in [6.45, 7) is 3.31. The van der Waals surface area contributed by atoms with Gasteiger partial charge in [-0.2, -0.15) is 0 Å². The topological polar surface area (TPSA) is 75.9 Å². The SMILES string of the molecule is O=C(NCc1ccn2ccnc2c1)c1ccc(C2CCN(C(=O)C3CCOC3)CC2)s1. The minimum atomic E-state index is -0.0479. The zero-order valence-electron chi connectivity index (χ0n) is 17.3. The summed E-state index contributed by atoms with van der Waals surface area (Å²) in [4.78, 5) is 33.4. The van der Waals surface area contributed by atoms with E-state index in [1.54, 1.807) is 17.5 Å². The van der Waals surface area contributed by atoms with Crippen LogP contribution >= 0.6 is 11.3 Å². The van der Waals surface area contributed by atoms with Crippen LogP contribution in [0.4, 0.5) is 0 Å². The van der Waals surface area contributed by atoms with Gasteiger partial charge in [0.05, 0.1) is 17.4 Å². The molecule has 1 unspecified atom stereocenters. The van der Waals surface area contributed by atoms with Crippen molar-refractivity contribution < 1.29 is 14.3 Å². The molecule has 8 heteroatoms. The Kier molecular flexibility index (Phi) is 5.74. The first-order valence-corrected chi connectivity index (χ1v) is 11.6. The van der Waals surface area contributed by atoms with E-state index in [-0.39, 0.29) is 17.7 Å². The van der Waals surface area contributed by atoms with Crippen molar-refractivity contribution in [2.75, 3.05) is 26.3 Å². The summed E-state index contributed by atoms with van der Waals surface area (Å²) >= 11 is 1.57. The fourth-order valence-electron chi connectivity index (χ4n) is 4.40. The molecule has 7 nitrogen and oxygen atoms in total. The molecule has 0 bridgehead atoms. The third-order valence-electron chi connectivity index (χ3n) is 6.25. The highest BCUT2D eigenvalue weighted by Gasteiger charge is 2.31. The zero-order valence-corrected chi connectivity index (χ0v) is 18.1. The van der Waals surface area contributed by atoms with Crippen LogP contribution < -0.4 is 5.32 Å². The van der Waals surface area contributed by atoms with Crippen LogP contribution in [0.3, 0.4) is 0 Å². The van der Waals surface area contributed by atoms with Crippen molar-refractivity contribution in [2.24, 2.45) is 5.92 Å². The Bertz CT molecular complexity index is 1080. The summed E-state index contributed by atoms with van der Waals surface area (Å²) in [5.74, 6) is 0.658. The lowest BCUT2D eigenvalue weighted by Gasteiger charge is -2.33. The molecule has 0 saturated carbocycles. The van der Waals surface area contributed by atoms with E-state index in [0.29, 0.717) is 25.7 Å².